The van der Waals surface area contributed by atoms with Gasteiger partial charge in [0, 0.05) is 0 Å². The van der Waals surface area contributed by atoms with E-state index in [9.17, 15) is 8.42 Å². The fourth-order valence-corrected chi connectivity index (χ4v) is 5.40. The Bertz CT molecular complexity index is 710. The standard InChI is InChI=1S/C14H19GeN3O2S/c1-15(2,3)12-6-8-13(9-7-12)21(19,20)18(4)14-16-10-5-11-17-14/h5-11H,1-4H3. The van der Waals surface area contributed by atoms with Crippen LogP contribution >= 0.6 is 0 Å². The summed E-state index contributed by atoms with van der Waals surface area (Å²) in [6.45, 7) is 0. The summed E-state index contributed by atoms with van der Waals surface area (Å²) in [5.74, 6) is 6.98. The average molecular weight is 366 g/mol. The molecule has 2 rings (SSSR count). The van der Waals surface area contributed by atoms with Crippen LogP contribution in [0.4, 0.5) is 5.95 Å². The van der Waals surface area contributed by atoms with Crippen molar-refractivity contribution in [2.75, 3.05) is 11.4 Å². The maximum atomic E-state index is 12.6. The molecule has 2 aromatic rings. The molecular weight excluding hydrogens is 347 g/mol. The van der Waals surface area contributed by atoms with E-state index in [2.05, 4.69) is 27.2 Å². The van der Waals surface area contributed by atoms with E-state index >= 15 is 0 Å². The van der Waals surface area contributed by atoms with E-state index in [1.807, 2.05) is 12.1 Å². The fourth-order valence-electron chi connectivity index (χ4n) is 1.85. The minimum atomic E-state index is -3.63. The SMILES string of the molecule is CN(c1ncccn1)S(=O)(=O)c1cc[c]([Ge]([CH3])([CH3])[CH3])cc1. The van der Waals surface area contributed by atoms with Crippen LogP contribution in [0.3, 0.4) is 0 Å². The molecule has 0 saturated carbocycles. The van der Waals surface area contributed by atoms with Crippen molar-refractivity contribution < 1.29 is 8.42 Å². The Balaban J connectivity index is 2.36. The summed E-state index contributed by atoms with van der Waals surface area (Å²) in [6.07, 6.45) is 3.04. The van der Waals surface area contributed by atoms with Gasteiger partial charge in [-0.15, -0.1) is 0 Å². The van der Waals surface area contributed by atoms with Crippen molar-refractivity contribution in [3.63, 3.8) is 0 Å². The molecule has 0 bridgehead atoms. The molecule has 112 valence electrons. The van der Waals surface area contributed by atoms with Crippen molar-refractivity contribution in [2.45, 2.75) is 22.2 Å². The molecule has 0 saturated heterocycles. The van der Waals surface area contributed by atoms with Gasteiger partial charge in [-0.1, -0.05) is 0 Å². The van der Waals surface area contributed by atoms with Crippen LogP contribution in [-0.4, -0.2) is 38.7 Å². The molecule has 0 atom stereocenters. The molecule has 1 heterocycles. The van der Waals surface area contributed by atoms with Crippen molar-refractivity contribution in [1.82, 2.24) is 9.97 Å². The number of rotatable bonds is 4. The van der Waals surface area contributed by atoms with Gasteiger partial charge in [0.25, 0.3) is 0 Å². The Hall–Kier alpha value is -1.41. The molecule has 1 aromatic carbocycles. The first-order chi connectivity index (χ1) is 9.73. The van der Waals surface area contributed by atoms with Crippen LogP contribution in [0.15, 0.2) is 47.6 Å². The molecule has 0 aliphatic heterocycles. The van der Waals surface area contributed by atoms with Crippen LogP contribution in [0.25, 0.3) is 0 Å². The molecule has 0 fully saturated rings. The molecular formula is C14H19GeN3O2S. The number of anilines is 1. The molecule has 7 heteroatoms. The summed E-state index contributed by atoms with van der Waals surface area (Å²) in [6, 6.07) is 8.83. The van der Waals surface area contributed by atoms with Gasteiger partial charge in [0.15, 0.2) is 0 Å². The van der Waals surface area contributed by atoms with E-state index < -0.39 is 23.3 Å². The van der Waals surface area contributed by atoms with Gasteiger partial charge in [0.2, 0.25) is 0 Å². The Kier molecular flexibility index (Phi) is 4.39. The van der Waals surface area contributed by atoms with Crippen LogP contribution in [0, 0.1) is 0 Å². The Morgan fingerprint density at radius 1 is 1.00 bits per heavy atom. The zero-order valence-corrected chi connectivity index (χ0v) is 15.5. The van der Waals surface area contributed by atoms with Crippen LogP contribution in [0.5, 0.6) is 0 Å². The fraction of sp³-hybridized carbons (Fsp3) is 0.286. The van der Waals surface area contributed by atoms with Gasteiger partial charge in [-0.05, 0) is 0 Å². The summed E-state index contributed by atoms with van der Waals surface area (Å²) < 4.78 is 27.5. The second-order valence-corrected chi connectivity index (χ2v) is 18.4. The molecule has 0 radical (unpaired) electrons. The van der Waals surface area contributed by atoms with Crippen LogP contribution < -0.4 is 8.70 Å². The second-order valence-electron chi connectivity index (χ2n) is 5.80. The second kappa shape index (κ2) is 5.77. The van der Waals surface area contributed by atoms with E-state index in [4.69, 9.17) is 0 Å². The predicted molar refractivity (Wildman–Crippen MR) is 87.0 cm³/mol. The quantitative estimate of drug-likeness (QED) is 0.775. The zero-order valence-electron chi connectivity index (χ0n) is 12.6. The van der Waals surface area contributed by atoms with Gasteiger partial charge < -0.3 is 0 Å². The number of aromatic nitrogens is 2. The van der Waals surface area contributed by atoms with Crippen molar-refractivity contribution >= 4 is 33.6 Å². The van der Waals surface area contributed by atoms with Gasteiger partial charge in [-0.2, -0.15) is 0 Å². The van der Waals surface area contributed by atoms with Crippen LogP contribution in [-0.2, 0) is 10.0 Å². The number of sulfonamides is 1. The molecule has 0 aliphatic rings. The maximum absolute atomic E-state index is 12.6. The normalized spacial score (nSPS) is 12.2. The summed E-state index contributed by atoms with van der Waals surface area (Å²) in [7, 11) is -2.17. The summed E-state index contributed by atoms with van der Waals surface area (Å²) >= 11 is -1.94. The van der Waals surface area contributed by atoms with Crippen molar-refractivity contribution in [2.24, 2.45) is 0 Å². The molecule has 5 nitrogen and oxygen atoms in total. The van der Waals surface area contributed by atoms with Gasteiger partial charge in [-0.25, -0.2) is 0 Å². The van der Waals surface area contributed by atoms with Crippen LogP contribution in [0.1, 0.15) is 0 Å². The Labute approximate surface area is 128 Å². The molecule has 0 N–H and O–H groups in total. The average Bonchev–Trinajstić information content (AvgIpc) is 2.46. The first-order valence-corrected chi connectivity index (χ1v) is 15.4. The van der Waals surface area contributed by atoms with E-state index in [0.29, 0.717) is 0 Å². The van der Waals surface area contributed by atoms with Crippen molar-refractivity contribution in [3.8, 4) is 0 Å². The number of nitrogens with zero attached hydrogens (tertiary/aromatic N) is 3. The third-order valence-corrected chi connectivity index (χ3v) is 9.30. The van der Waals surface area contributed by atoms with Gasteiger partial charge in [-0.3, -0.25) is 0 Å². The Morgan fingerprint density at radius 2 is 1.52 bits per heavy atom. The van der Waals surface area contributed by atoms with Crippen LogP contribution in [0.2, 0.25) is 17.3 Å². The summed E-state index contributed by atoms with van der Waals surface area (Å²) in [5.41, 5.74) is 0. The molecule has 0 unspecified atom stereocenters. The van der Waals surface area contributed by atoms with Gasteiger partial charge in [0.1, 0.15) is 0 Å². The first-order valence-electron chi connectivity index (χ1n) is 6.59. The number of benzene rings is 1. The van der Waals surface area contributed by atoms with Crippen molar-refractivity contribution in [3.05, 3.63) is 42.7 Å². The van der Waals surface area contributed by atoms with E-state index in [0.717, 1.165) is 4.31 Å². The van der Waals surface area contributed by atoms with Gasteiger partial charge in [0.05, 0.1) is 0 Å². The van der Waals surface area contributed by atoms with Crippen molar-refractivity contribution in [1.29, 1.82) is 0 Å². The Morgan fingerprint density at radius 3 is 2.00 bits per heavy atom. The topological polar surface area (TPSA) is 63.2 Å². The third-order valence-electron chi connectivity index (χ3n) is 3.21. The first kappa shape index (κ1) is 16.0. The van der Waals surface area contributed by atoms with E-state index in [1.165, 1.54) is 23.8 Å². The summed E-state index contributed by atoms with van der Waals surface area (Å²) in [4.78, 5) is 8.20. The predicted octanol–water partition coefficient (Wildman–Crippen LogP) is 1.85. The molecule has 0 aliphatic carbocycles. The number of hydrogen-bond acceptors (Lipinski definition) is 4. The molecule has 0 amide bonds. The van der Waals surface area contributed by atoms with E-state index in [1.54, 1.807) is 18.2 Å². The monoisotopic (exact) mass is 367 g/mol. The summed E-state index contributed by atoms with van der Waals surface area (Å²) in [5, 5.41) is 0. The van der Waals surface area contributed by atoms with E-state index in [-0.39, 0.29) is 10.8 Å². The van der Waals surface area contributed by atoms with Gasteiger partial charge >= 0.3 is 128 Å². The molecule has 1 aromatic heterocycles. The number of hydrogen-bond donors (Lipinski definition) is 0. The molecule has 21 heavy (non-hydrogen) atoms. The third kappa shape index (κ3) is 3.44. The zero-order chi connectivity index (χ0) is 15.7. The molecule has 0 spiro atoms. The minimum absolute atomic E-state index is 0.162.